The zero-order chi connectivity index (χ0) is 13.4. The van der Waals surface area contributed by atoms with Crippen molar-refractivity contribution in [1.29, 1.82) is 0 Å². The number of ether oxygens (including phenoxy) is 1. The molecule has 0 amide bonds. The summed E-state index contributed by atoms with van der Waals surface area (Å²) in [5.41, 5.74) is -0.954. The van der Waals surface area contributed by atoms with Crippen molar-refractivity contribution in [1.82, 2.24) is 0 Å². The SMILES string of the molecule is CC(C)(C)OC(=O)c1cc(Br)c(F)c(F)c1Cl. The number of carbonyl (C=O) groups is 1. The third kappa shape index (κ3) is 3.39. The highest BCUT2D eigenvalue weighted by molar-refractivity contribution is 9.10. The first kappa shape index (κ1) is 14.4. The van der Waals surface area contributed by atoms with Gasteiger partial charge in [0.05, 0.1) is 15.1 Å². The van der Waals surface area contributed by atoms with E-state index in [0.717, 1.165) is 6.07 Å². The minimum atomic E-state index is -1.28. The van der Waals surface area contributed by atoms with Crippen LogP contribution in [-0.4, -0.2) is 11.6 Å². The number of esters is 1. The molecule has 0 bridgehead atoms. The fourth-order valence-corrected chi connectivity index (χ4v) is 1.67. The van der Waals surface area contributed by atoms with Crippen molar-refractivity contribution in [2.24, 2.45) is 0 Å². The zero-order valence-corrected chi connectivity index (χ0v) is 11.7. The molecule has 17 heavy (non-hydrogen) atoms. The molecule has 0 radical (unpaired) electrons. The normalized spacial score (nSPS) is 11.5. The maximum absolute atomic E-state index is 13.3. The van der Waals surface area contributed by atoms with Gasteiger partial charge in [-0.2, -0.15) is 0 Å². The fraction of sp³-hybridized carbons (Fsp3) is 0.364. The predicted octanol–water partition coefficient (Wildman–Crippen LogP) is 4.34. The number of hydrogen-bond acceptors (Lipinski definition) is 2. The Labute approximate surface area is 111 Å². The van der Waals surface area contributed by atoms with Crippen molar-refractivity contribution in [3.05, 3.63) is 32.8 Å². The van der Waals surface area contributed by atoms with Crippen molar-refractivity contribution in [2.45, 2.75) is 26.4 Å². The number of halogens is 4. The molecule has 0 saturated carbocycles. The Morgan fingerprint density at radius 2 is 1.88 bits per heavy atom. The first-order chi connectivity index (χ1) is 7.63. The van der Waals surface area contributed by atoms with Gasteiger partial charge in [-0.15, -0.1) is 0 Å². The van der Waals surface area contributed by atoms with Crippen LogP contribution in [-0.2, 0) is 4.74 Å². The van der Waals surface area contributed by atoms with Gasteiger partial charge in [0.1, 0.15) is 5.60 Å². The molecule has 0 unspecified atom stereocenters. The summed E-state index contributed by atoms with van der Waals surface area (Å²) in [6, 6.07) is 1.09. The second kappa shape index (κ2) is 4.90. The molecule has 0 spiro atoms. The molecule has 0 aliphatic carbocycles. The number of benzene rings is 1. The molecule has 0 saturated heterocycles. The maximum Gasteiger partial charge on any atom is 0.340 e. The molecule has 0 atom stereocenters. The van der Waals surface area contributed by atoms with Crippen LogP contribution in [0.1, 0.15) is 31.1 Å². The largest absolute Gasteiger partial charge is 0.456 e. The summed E-state index contributed by atoms with van der Waals surface area (Å²) in [5.74, 6) is -3.22. The van der Waals surface area contributed by atoms with Crippen LogP contribution in [0.4, 0.5) is 8.78 Å². The summed E-state index contributed by atoms with van der Waals surface area (Å²) in [6.07, 6.45) is 0. The van der Waals surface area contributed by atoms with Gasteiger partial charge < -0.3 is 4.74 Å². The minimum absolute atomic E-state index is 0.180. The lowest BCUT2D eigenvalue weighted by molar-refractivity contribution is 0.00690. The number of hydrogen-bond donors (Lipinski definition) is 0. The molecule has 0 aromatic heterocycles. The van der Waals surface area contributed by atoms with Gasteiger partial charge in [-0.1, -0.05) is 11.6 Å². The molecule has 1 aromatic rings. The van der Waals surface area contributed by atoms with E-state index in [0.29, 0.717) is 0 Å². The molecule has 0 aliphatic heterocycles. The van der Waals surface area contributed by atoms with E-state index in [4.69, 9.17) is 16.3 Å². The van der Waals surface area contributed by atoms with Crippen molar-refractivity contribution >= 4 is 33.5 Å². The van der Waals surface area contributed by atoms with Crippen LogP contribution in [0.2, 0.25) is 5.02 Å². The summed E-state index contributed by atoms with van der Waals surface area (Å²) in [6.45, 7) is 4.98. The van der Waals surface area contributed by atoms with E-state index in [-0.39, 0.29) is 10.0 Å². The van der Waals surface area contributed by atoms with Crippen LogP contribution in [0.25, 0.3) is 0 Å². The zero-order valence-electron chi connectivity index (χ0n) is 9.41. The van der Waals surface area contributed by atoms with Crippen LogP contribution < -0.4 is 0 Å². The van der Waals surface area contributed by atoms with Gasteiger partial charge >= 0.3 is 5.97 Å². The lowest BCUT2D eigenvalue weighted by Crippen LogP contribution is -2.24. The molecule has 0 heterocycles. The Morgan fingerprint density at radius 3 is 2.35 bits per heavy atom. The van der Waals surface area contributed by atoms with Crippen molar-refractivity contribution < 1.29 is 18.3 Å². The van der Waals surface area contributed by atoms with Gasteiger partial charge in [-0.3, -0.25) is 0 Å². The molecular weight excluding hydrogens is 317 g/mol. The van der Waals surface area contributed by atoms with Crippen LogP contribution in [0.3, 0.4) is 0 Å². The third-order valence-corrected chi connectivity index (χ3v) is 2.67. The van der Waals surface area contributed by atoms with Gasteiger partial charge in [-0.05, 0) is 42.8 Å². The van der Waals surface area contributed by atoms with Gasteiger partial charge in [-0.25, -0.2) is 13.6 Å². The average Bonchev–Trinajstić information content (AvgIpc) is 2.17. The van der Waals surface area contributed by atoms with Crippen molar-refractivity contribution in [3.63, 3.8) is 0 Å². The highest BCUT2D eigenvalue weighted by Gasteiger charge is 2.24. The Morgan fingerprint density at radius 1 is 1.35 bits per heavy atom. The lowest BCUT2D eigenvalue weighted by atomic mass is 10.1. The average molecular weight is 328 g/mol. The molecule has 0 N–H and O–H groups in total. The summed E-state index contributed by atoms with van der Waals surface area (Å²) in [7, 11) is 0. The van der Waals surface area contributed by atoms with Gasteiger partial charge in [0.15, 0.2) is 11.6 Å². The predicted molar refractivity (Wildman–Crippen MR) is 64.2 cm³/mol. The van der Waals surface area contributed by atoms with E-state index in [1.165, 1.54) is 0 Å². The van der Waals surface area contributed by atoms with Crippen molar-refractivity contribution in [2.75, 3.05) is 0 Å². The minimum Gasteiger partial charge on any atom is -0.456 e. The first-order valence-corrected chi connectivity index (χ1v) is 5.87. The standard InChI is InChI=1S/C11H10BrClF2O2/c1-11(2,3)17-10(16)5-4-6(12)8(14)9(15)7(5)13/h4H,1-3H3. The topological polar surface area (TPSA) is 26.3 Å². The van der Waals surface area contributed by atoms with E-state index in [1.54, 1.807) is 20.8 Å². The molecule has 1 aromatic carbocycles. The van der Waals surface area contributed by atoms with E-state index < -0.39 is 28.2 Å². The van der Waals surface area contributed by atoms with Crippen molar-refractivity contribution in [3.8, 4) is 0 Å². The van der Waals surface area contributed by atoms with Gasteiger partial charge in [0.25, 0.3) is 0 Å². The molecule has 0 aliphatic rings. The highest BCUT2D eigenvalue weighted by Crippen LogP contribution is 2.29. The van der Waals surface area contributed by atoms with E-state index in [1.807, 2.05) is 0 Å². The Balaban J connectivity index is 3.20. The van der Waals surface area contributed by atoms with Gasteiger partial charge in [0, 0.05) is 0 Å². The fourth-order valence-electron chi connectivity index (χ4n) is 1.05. The number of rotatable bonds is 1. The smallest absolute Gasteiger partial charge is 0.340 e. The molecule has 94 valence electrons. The van der Waals surface area contributed by atoms with Crippen LogP contribution >= 0.6 is 27.5 Å². The summed E-state index contributed by atoms with van der Waals surface area (Å²) < 4.78 is 31.3. The Hall–Kier alpha value is -0.680. The Kier molecular flexibility index (Phi) is 4.15. The molecule has 1 rings (SSSR count). The van der Waals surface area contributed by atoms with Crippen LogP contribution in [0, 0.1) is 11.6 Å². The molecule has 0 fully saturated rings. The molecule has 6 heteroatoms. The van der Waals surface area contributed by atoms with E-state index in [9.17, 15) is 13.6 Å². The van der Waals surface area contributed by atoms with E-state index in [2.05, 4.69) is 15.9 Å². The highest BCUT2D eigenvalue weighted by atomic mass is 79.9. The molecular formula is C11H10BrClF2O2. The third-order valence-electron chi connectivity index (χ3n) is 1.72. The monoisotopic (exact) mass is 326 g/mol. The van der Waals surface area contributed by atoms with Crippen LogP contribution in [0.15, 0.2) is 10.5 Å². The summed E-state index contributed by atoms with van der Waals surface area (Å²) in [4.78, 5) is 11.7. The Bertz CT molecular complexity index is 470. The quantitative estimate of drug-likeness (QED) is 0.436. The second-order valence-electron chi connectivity index (χ2n) is 4.35. The van der Waals surface area contributed by atoms with Crippen LogP contribution in [0.5, 0.6) is 0 Å². The maximum atomic E-state index is 13.3. The van der Waals surface area contributed by atoms with Gasteiger partial charge in [0.2, 0.25) is 0 Å². The number of carbonyl (C=O) groups excluding carboxylic acids is 1. The summed E-state index contributed by atoms with van der Waals surface area (Å²) >= 11 is 8.36. The first-order valence-electron chi connectivity index (χ1n) is 4.70. The summed E-state index contributed by atoms with van der Waals surface area (Å²) in [5, 5.41) is -0.583. The van der Waals surface area contributed by atoms with E-state index >= 15 is 0 Å². The molecule has 2 nitrogen and oxygen atoms in total. The lowest BCUT2D eigenvalue weighted by Gasteiger charge is -2.20. The second-order valence-corrected chi connectivity index (χ2v) is 5.58.